The van der Waals surface area contributed by atoms with Crippen LogP contribution in [0.5, 0.6) is 0 Å². The zero-order valence-electron chi connectivity index (χ0n) is 14.9. The van der Waals surface area contributed by atoms with E-state index in [4.69, 9.17) is 0 Å². The standard InChI is InChI=1S/C20H30N2O3/c23-13-18(14-24)21-11-4-9-20(15-21)10-7-19(25)22(16-20)12-8-17-5-2-1-3-6-17/h1-3,5-6,18,23-24H,4,7-16H2. The van der Waals surface area contributed by atoms with Crippen LogP contribution in [-0.2, 0) is 11.2 Å². The summed E-state index contributed by atoms with van der Waals surface area (Å²) in [5.74, 6) is 0.263. The van der Waals surface area contributed by atoms with Gasteiger partial charge in [-0.15, -0.1) is 0 Å². The van der Waals surface area contributed by atoms with Gasteiger partial charge in [0.1, 0.15) is 0 Å². The molecule has 0 radical (unpaired) electrons. The Hall–Kier alpha value is -1.43. The first-order valence-electron chi connectivity index (χ1n) is 9.43. The summed E-state index contributed by atoms with van der Waals surface area (Å²) < 4.78 is 0. The van der Waals surface area contributed by atoms with Crippen LogP contribution in [0.25, 0.3) is 0 Å². The number of aliphatic hydroxyl groups is 2. The van der Waals surface area contributed by atoms with E-state index in [0.29, 0.717) is 6.42 Å². The quantitative estimate of drug-likeness (QED) is 0.815. The Morgan fingerprint density at radius 1 is 1.08 bits per heavy atom. The van der Waals surface area contributed by atoms with Crippen molar-refractivity contribution in [2.24, 2.45) is 5.41 Å². The molecule has 2 aliphatic heterocycles. The minimum Gasteiger partial charge on any atom is -0.395 e. The fourth-order valence-corrected chi connectivity index (χ4v) is 4.39. The van der Waals surface area contributed by atoms with Crippen LogP contribution < -0.4 is 0 Å². The van der Waals surface area contributed by atoms with Crippen molar-refractivity contribution in [2.45, 2.75) is 38.1 Å². The fourth-order valence-electron chi connectivity index (χ4n) is 4.39. The first-order chi connectivity index (χ1) is 12.2. The number of nitrogens with zero attached hydrogens (tertiary/aromatic N) is 2. The van der Waals surface area contributed by atoms with Crippen molar-refractivity contribution in [3.05, 3.63) is 35.9 Å². The lowest BCUT2D eigenvalue weighted by atomic mass is 9.73. The van der Waals surface area contributed by atoms with Gasteiger partial charge in [0.05, 0.1) is 19.3 Å². The molecule has 2 heterocycles. The smallest absolute Gasteiger partial charge is 0.222 e. The number of aliphatic hydroxyl groups excluding tert-OH is 2. The van der Waals surface area contributed by atoms with Gasteiger partial charge in [0.2, 0.25) is 5.91 Å². The summed E-state index contributed by atoms with van der Waals surface area (Å²) in [4.78, 5) is 16.7. The highest BCUT2D eigenvalue weighted by molar-refractivity contribution is 5.77. The number of piperidine rings is 2. The number of hydrogen-bond donors (Lipinski definition) is 2. The molecule has 0 bridgehead atoms. The van der Waals surface area contributed by atoms with E-state index in [9.17, 15) is 15.0 Å². The summed E-state index contributed by atoms with van der Waals surface area (Å²) >= 11 is 0. The fraction of sp³-hybridized carbons (Fsp3) is 0.650. The molecule has 2 N–H and O–H groups in total. The van der Waals surface area contributed by atoms with Crippen LogP contribution in [-0.4, -0.2) is 71.4 Å². The highest BCUT2D eigenvalue weighted by Crippen LogP contribution is 2.39. The highest BCUT2D eigenvalue weighted by atomic mass is 16.3. The first kappa shape index (κ1) is 18.4. The van der Waals surface area contributed by atoms with Gasteiger partial charge in [-0.1, -0.05) is 30.3 Å². The SMILES string of the molecule is O=C1CCC2(CCCN(C(CO)CO)C2)CN1CCc1ccccc1. The van der Waals surface area contributed by atoms with Crippen molar-refractivity contribution in [2.75, 3.05) is 39.4 Å². The maximum absolute atomic E-state index is 12.4. The van der Waals surface area contributed by atoms with Gasteiger partial charge in [-0.25, -0.2) is 0 Å². The molecule has 25 heavy (non-hydrogen) atoms. The largest absolute Gasteiger partial charge is 0.395 e. The molecule has 1 spiro atoms. The van der Waals surface area contributed by atoms with E-state index < -0.39 is 0 Å². The van der Waals surface area contributed by atoms with Crippen LogP contribution in [0.4, 0.5) is 0 Å². The second-order valence-electron chi connectivity index (χ2n) is 7.64. The van der Waals surface area contributed by atoms with Crippen molar-refractivity contribution in [3.8, 4) is 0 Å². The predicted molar refractivity (Wildman–Crippen MR) is 97.2 cm³/mol. The van der Waals surface area contributed by atoms with E-state index in [1.807, 2.05) is 23.1 Å². The second kappa shape index (κ2) is 8.30. The third-order valence-electron chi connectivity index (χ3n) is 5.89. The lowest BCUT2D eigenvalue weighted by Crippen LogP contribution is -2.57. The Labute approximate surface area is 150 Å². The summed E-state index contributed by atoms with van der Waals surface area (Å²) in [7, 11) is 0. The molecule has 2 aliphatic rings. The molecule has 0 aliphatic carbocycles. The molecule has 138 valence electrons. The van der Waals surface area contributed by atoms with Gasteiger partial charge in [-0.05, 0) is 37.8 Å². The molecule has 1 amide bonds. The van der Waals surface area contributed by atoms with E-state index in [1.54, 1.807) is 0 Å². The average molecular weight is 346 g/mol. The number of likely N-dealkylation sites (tertiary alicyclic amines) is 2. The molecule has 3 rings (SSSR count). The number of hydrogen-bond acceptors (Lipinski definition) is 4. The molecule has 0 aromatic heterocycles. The molecule has 0 saturated carbocycles. The maximum atomic E-state index is 12.4. The van der Waals surface area contributed by atoms with Crippen molar-refractivity contribution < 1.29 is 15.0 Å². The van der Waals surface area contributed by atoms with Gasteiger partial charge in [0.25, 0.3) is 0 Å². The van der Waals surface area contributed by atoms with Crippen LogP contribution in [0.15, 0.2) is 30.3 Å². The monoisotopic (exact) mass is 346 g/mol. The van der Waals surface area contributed by atoms with Crippen LogP contribution in [0.2, 0.25) is 0 Å². The van der Waals surface area contributed by atoms with E-state index in [1.165, 1.54) is 5.56 Å². The average Bonchev–Trinajstić information content (AvgIpc) is 2.65. The van der Waals surface area contributed by atoms with Crippen LogP contribution in [0.1, 0.15) is 31.2 Å². The molecule has 1 aromatic carbocycles. The third-order valence-corrected chi connectivity index (χ3v) is 5.89. The summed E-state index contributed by atoms with van der Waals surface area (Å²) in [5.41, 5.74) is 1.38. The number of benzene rings is 1. The highest BCUT2D eigenvalue weighted by Gasteiger charge is 2.42. The molecule has 5 nitrogen and oxygen atoms in total. The molecule has 2 fully saturated rings. The van der Waals surface area contributed by atoms with Gasteiger partial charge in [-0.2, -0.15) is 0 Å². The van der Waals surface area contributed by atoms with Gasteiger partial charge >= 0.3 is 0 Å². The molecule has 5 heteroatoms. The second-order valence-corrected chi connectivity index (χ2v) is 7.64. The zero-order valence-corrected chi connectivity index (χ0v) is 14.9. The lowest BCUT2D eigenvalue weighted by Gasteiger charge is -2.49. The number of carbonyl (C=O) groups is 1. The van der Waals surface area contributed by atoms with Crippen LogP contribution >= 0.6 is 0 Å². The Kier molecular flexibility index (Phi) is 6.10. The predicted octanol–water partition coefficient (Wildman–Crippen LogP) is 1.29. The van der Waals surface area contributed by atoms with Gasteiger partial charge < -0.3 is 15.1 Å². The number of rotatable bonds is 6. The van der Waals surface area contributed by atoms with Crippen LogP contribution in [0, 0.1) is 5.41 Å². The van der Waals surface area contributed by atoms with E-state index in [2.05, 4.69) is 17.0 Å². The van der Waals surface area contributed by atoms with Crippen molar-refractivity contribution in [1.29, 1.82) is 0 Å². The van der Waals surface area contributed by atoms with E-state index >= 15 is 0 Å². The van der Waals surface area contributed by atoms with Crippen molar-refractivity contribution >= 4 is 5.91 Å². The first-order valence-corrected chi connectivity index (χ1v) is 9.43. The normalized spacial score (nSPS) is 25.1. The molecular weight excluding hydrogens is 316 g/mol. The Morgan fingerprint density at radius 3 is 2.56 bits per heavy atom. The summed E-state index contributed by atoms with van der Waals surface area (Å²) in [5, 5.41) is 19.0. The van der Waals surface area contributed by atoms with Crippen molar-refractivity contribution in [1.82, 2.24) is 9.80 Å². The summed E-state index contributed by atoms with van der Waals surface area (Å²) in [6, 6.07) is 10.1. The maximum Gasteiger partial charge on any atom is 0.222 e. The molecule has 1 atom stereocenters. The topological polar surface area (TPSA) is 64.0 Å². The van der Waals surface area contributed by atoms with Gasteiger partial charge in [-0.3, -0.25) is 9.69 Å². The Morgan fingerprint density at radius 2 is 1.84 bits per heavy atom. The van der Waals surface area contributed by atoms with E-state index in [-0.39, 0.29) is 30.6 Å². The molecular formula is C20H30N2O3. The van der Waals surface area contributed by atoms with Crippen molar-refractivity contribution in [3.63, 3.8) is 0 Å². The lowest BCUT2D eigenvalue weighted by molar-refractivity contribution is -0.140. The Balaban J connectivity index is 1.63. The summed E-state index contributed by atoms with van der Waals surface area (Å²) in [6.07, 6.45) is 4.63. The molecule has 1 unspecified atom stereocenters. The Bertz CT molecular complexity index is 561. The number of carbonyl (C=O) groups excluding carboxylic acids is 1. The minimum absolute atomic E-state index is 0.0107. The zero-order chi connectivity index (χ0) is 17.7. The summed E-state index contributed by atoms with van der Waals surface area (Å²) in [6.45, 7) is 3.35. The van der Waals surface area contributed by atoms with Gasteiger partial charge in [0, 0.05) is 31.5 Å². The third kappa shape index (κ3) is 4.40. The van der Waals surface area contributed by atoms with E-state index in [0.717, 1.165) is 51.9 Å². The molecule has 2 saturated heterocycles. The molecule has 1 aromatic rings. The minimum atomic E-state index is -0.174. The number of amides is 1. The van der Waals surface area contributed by atoms with Crippen LogP contribution in [0.3, 0.4) is 0 Å². The van der Waals surface area contributed by atoms with Gasteiger partial charge in [0.15, 0.2) is 0 Å².